The lowest BCUT2D eigenvalue weighted by Gasteiger charge is -2.29. The van der Waals surface area contributed by atoms with Gasteiger partial charge in [-0.15, -0.1) is 0 Å². The van der Waals surface area contributed by atoms with E-state index in [1.165, 1.54) is 97.1 Å². The van der Waals surface area contributed by atoms with Crippen LogP contribution in [-0.4, -0.2) is 84.0 Å². The highest BCUT2D eigenvalue weighted by molar-refractivity contribution is 6.32. The number of ether oxygens (including phenoxy) is 2. The summed E-state index contributed by atoms with van der Waals surface area (Å²) < 4.78 is 12.3. The highest BCUT2D eigenvalue weighted by Gasteiger charge is 2.38. The standard InChI is InChI=1S/C60H48Cl2N8O14/c61-38-19-29(6-14-43(38)72)50-58(79)69-51-32-18-37(28-5-13-36-33(25-64-40(36)21-28)22-42(55(76)67-50)65-56(77)48(63)27-3-9-34(71)10-4-27)53(74)47(24-32)83-35-11-1-26(2-12-35)17-41-54(75)70-52(60(81)82)31-7-15-44(73)46(23-31)84-45-16-8-30(20-39(45)62)49(57(78)66-41)68-59(51)80/h1-16,18-21,23-25,41-42,48-52,64,71-74H,17,22,63H2,(H,65,77)(H,66,78)(H,67,76)(H,68,80)(H,69,79)(H,70,75)(H,81,82). The number of aromatic hydroxyl groups is 4. The van der Waals surface area contributed by atoms with E-state index in [-0.39, 0.29) is 79.5 Å². The van der Waals surface area contributed by atoms with Gasteiger partial charge >= 0.3 is 5.97 Å². The molecular formula is C60H48Cl2N8O14. The van der Waals surface area contributed by atoms with Crippen LogP contribution in [0.1, 0.15) is 69.2 Å². The number of carboxylic acids is 1. The topological polar surface area (TPSA) is 353 Å². The maximum Gasteiger partial charge on any atom is 0.330 e. The molecule has 14 rings (SSSR count). The molecule has 0 fully saturated rings. The van der Waals surface area contributed by atoms with Crippen molar-refractivity contribution in [2.45, 2.75) is 55.1 Å². The fourth-order valence-electron chi connectivity index (χ4n) is 10.2. The highest BCUT2D eigenvalue weighted by atomic mass is 35.5. The van der Waals surface area contributed by atoms with Gasteiger partial charge in [0.15, 0.2) is 29.0 Å². The van der Waals surface area contributed by atoms with Crippen LogP contribution in [0.2, 0.25) is 10.0 Å². The van der Waals surface area contributed by atoms with Gasteiger partial charge in [0.05, 0.1) is 10.0 Å². The normalized spacial score (nSPS) is 20.1. The summed E-state index contributed by atoms with van der Waals surface area (Å²) in [4.78, 5) is 106. The Bertz CT molecular complexity index is 4030. The Morgan fingerprint density at radius 1 is 0.583 bits per heavy atom. The second-order valence-electron chi connectivity index (χ2n) is 20.2. The molecule has 24 heteroatoms. The number of amides is 6. The summed E-state index contributed by atoms with van der Waals surface area (Å²) in [6.45, 7) is 0. The predicted molar refractivity (Wildman–Crippen MR) is 302 cm³/mol. The molecule has 0 aliphatic carbocycles. The number of benzene rings is 7. The Labute approximate surface area is 485 Å². The quantitative estimate of drug-likeness (QED) is 0.0879. The minimum absolute atomic E-state index is 0.0188. The number of nitrogens with one attached hydrogen (secondary N) is 7. The smallest absolute Gasteiger partial charge is 0.330 e. The maximum absolute atomic E-state index is 15.6. The first-order chi connectivity index (χ1) is 40.2. The van der Waals surface area contributed by atoms with Gasteiger partial charge in [-0.2, -0.15) is 0 Å². The molecule has 426 valence electrons. The molecule has 0 saturated carbocycles. The third kappa shape index (κ3) is 11.2. The van der Waals surface area contributed by atoms with Crippen molar-refractivity contribution in [2.75, 3.05) is 0 Å². The minimum Gasteiger partial charge on any atom is -0.508 e. The number of nitrogens with two attached hydrogens (primary N) is 1. The lowest BCUT2D eigenvalue weighted by atomic mass is 9.94. The number of halogens is 2. The summed E-state index contributed by atoms with van der Waals surface area (Å²) in [5.74, 6) is -9.29. The molecule has 22 nitrogen and oxygen atoms in total. The number of H-pyrrole nitrogens is 1. The van der Waals surface area contributed by atoms with Crippen LogP contribution in [0.3, 0.4) is 0 Å². The fourth-order valence-corrected chi connectivity index (χ4v) is 10.6. The SMILES string of the molecule is NC(C(=O)NC1Cc2c[nH]c3cc(ccc23)-c2cc3cc(c2O)Oc2ccc(cc2)CC2NC(=O)C(NC(=O)C3NC(=O)C(c3ccc(O)c(Cl)c3)NC1=O)c1ccc(c(Cl)c1)Oc1cc(ccc1O)C(C(=O)O)NC2=O)c1ccc(O)cc1. The van der Waals surface area contributed by atoms with Gasteiger partial charge in [0.1, 0.15) is 59.2 Å². The summed E-state index contributed by atoms with van der Waals surface area (Å²) in [5.41, 5.74) is 8.43. The Balaban J connectivity index is 1.08. The molecule has 1 aromatic heterocycles. The van der Waals surface area contributed by atoms with Crippen LogP contribution >= 0.6 is 23.2 Å². The van der Waals surface area contributed by atoms with Crippen molar-refractivity contribution in [3.05, 3.63) is 189 Å². The minimum atomic E-state index is -1.93. The molecule has 0 saturated heterocycles. The first kappa shape index (κ1) is 55.6. The molecule has 8 aromatic rings. The number of aliphatic carboxylic acids is 1. The van der Waals surface area contributed by atoms with Gasteiger partial charge in [0.25, 0.3) is 0 Å². The van der Waals surface area contributed by atoms with E-state index in [1.807, 2.05) is 0 Å². The average Bonchev–Trinajstić information content (AvgIpc) is 3.09. The molecule has 7 unspecified atom stereocenters. The first-order valence-electron chi connectivity index (χ1n) is 25.9. The second kappa shape index (κ2) is 22.6. The Hall–Kier alpha value is -10.3. The van der Waals surface area contributed by atoms with Gasteiger partial charge < -0.3 is 77.6 Å². The Morgan fingerprint density at radius 2 is 1.21 bits per heavy atom. The van der Waals surface area contributed by atoms with Crippen LogP contribution in [0.25, 0.3) is 22.0 Å². The van der Waals surface area contributed by atoms with Crippen molar-refractivity contribution < 1.29 is 68.6 Å². The molecule has 7 aromatic carbocycles. The van der Waals surface area contributed by atoms with Crippen molar-refractivity contribution in [1.29, 1.82) is 0 Å². The largest absolute Gasteiger partial charge is 0.508 e. The highest BCUT2D eigenvalue weighted by Crippen LogP contribution is 2.44. The number of hydrogen-bond acceptors (Lipinski definition) is 14. The van der Waals surface area contributed by atoms with Crippen molar-refractivity contribution in [3.8, 4) is 57.1 Å². The number of rotatable bonds is 5. The Morgan fingerprint density at radius 3 is 1.90 bits per heavy atom. The number of aromatic amines is 1. The van der Waals surface area contributed by atoms with Gasteiger partial charge in [0, 0.05) is 35.5 Å². The third-order valence-electron chi connectivity index (χ3n) is 14.6. The number of carbonyl (C=O) groups excluding carboxylic acids is 6. The lowest BCUT2D eigenvalue weighted by molar-refractivity contribution is -0.142. The number of aromatic nitrogens is 1. The summed E-state index contributed by atoms with van der Waals surface area (Å²) >= 11 is 13.3. The second-order valence-corrected chi connectivity index (χ2v) is 21.0. The number of phenols is 4. The van der Waals surface area contributed by atoms with Crippen LogP contribution < -0.4 is 47.1 Å². The van der Waals surface area contributed by atoms with E-state index in [4.69, 9.17) is 38.4 Å². The zero-order valence-electron chi connectivity index (χ0n) is 43.5. The van der Waals surface area contributed by atoms with Gasteiger partial charge in [-0.3, -0.25) is 28.8 Å². The number of hydrogen-bond donors (Lipinski definition) is 13. The van der Waals surface area contributed by atoms with E-state index >= 15 is 14.4 Å². The molecule has 7 heterocycles. The number of carbonyl (C=O) groups is 7. The lowest BCUT2D eigenvalue weighted by Crippen LogP contribution is -2.54. The van der Waals surface area contributed by atoms with E-state index in [0.717, 1.165) is 6.07 Å². The number of fused-ring (bicyclic) bond motifs is 14. The van der Waals surface area contributed by atoms with Crippen LogP contribution in [-0.2, 0) is 46.4 Å². The fraction of sp³-hybridized carbons (Fsp3) is 0.150. The predicted octanol–water partition coefficient (Wildman–Crippen LogP) is 6.46. The molecule has 6 aliphatic rings. The van der Waals surface area contributed by atoms with Crippen LogP contribution in [0, 0.1) is 0 Å². The molecule has 14 N–H and O–H groups in total. The van der Waals surface area contributed by atoms with Crippen molar-refractivity contribution in [1.82, 2.24) is 36.9 Å². The third-order valence-corrected chi connectivity index (χ3v) is 15.2. The zero-order valence-corrected chi connectivity index (χ0v) is 45.0. The molecule has 0 radical (unpaired) electrons. The molecule has 6 amide bonds. The van der Waals surface area contributed by atoms with Crippen molar-refractivity contribution >= 4 is 75.5 Å². The molecular weight excluding hydrogens is 1130 g/mol. The van der Waals surface area contributed by atoms with Gasteiger partial charge in [-0.05, 0) is 123 Å². The molecule has 7 atom stereocenters. The molecule has 0 spiro atoms. The summed E-state index contributed by atoms with van der Waals surface area (Å²) in [6.07, 6.45) is 1.14. The number of carboxylic acid groups (broad SMARTS) is 1. The molecule has 6 aliphatic heterocycles. The summed E-state index contributed by atoms with van der Waals surface area (Å²) in [7, 11) is 0. The van der Waals surface area contributed by atoms with Crippen LogP contribution in [0.4, 0.5) is 0 Å². The summed E-state index contributed by atoms with van der Waals surface area (Å²) in [5, 5.41) is 70.2. The molecule has 84 heavy (non-hydrogen) atoms. The van der Waals surface area contributed by atoms with E-state index in [1.54, 1.807) is 36.5 Å². The summed E-state index contributed by atoms with van der Waals surface area (Å²) in [6, 6.07) is 18.9. The van der Waals surface area contributed by atoms with Crippen molar-refractivity contribution in [2.24, 2.45) is 5.73 Å². The Kier molecular flexibility index (Phi) is 14.9. The molecule has 15 bridgehead atoms. The van der Waals surface area contributed by atoms with Gasteiger partial charge in [0.2, 0.25) is 35.4 Å². The zero-order chi connectivity index (χ0) is 59.2. The van der Waals surface area contributed by atoms with Crippen LogP contribution in [0.15, 0.2) is 140 Å². The van der Waals surface area contributed by atoms with E-state index in [0.29, 0.717) is 33.2 Å². The monoisotopic (exact) mass is 1170 g/mol. The average molecular weight is 1180 g/mol. The maximum atomic E-state index is 15.6. The first-order valence-corrected chi connectivity index (χ1v) is 26.6. The van der Waals surface area contributed by atoms with Gasteiger partial charge in [-0.1, -0.05) is 77.8 Å². The number of phenolic OH excluding ortho intramolecular Hbond substituents is 4. The van der Waals surface area contributed by atoms with Crippen molar-refractivity contribution in [3.63, 3.8) is 0 Å². The van der Waals surface area contributed by atoms with E-state index < -0.39 is 101 Å². The van der Waals surface area contributed by atoms with E-state index in [9.17, 15) is 44.7 Å². The van der Waals surface area contributed by atoms with E-state index in [2.05, 4.69) is 36.9 Å². The van der Waals surface area contributed by atoms with Crippen LogP contribution in [0.5, 0.6) is 46.0 Å². The van der Waals surface area contributed by atoms with Gasteiger partial charge in [-0.25, -0.2) is 4.79 Å².